The van der Waals surface area contributed by atoms with E-state index in [4.69, 9.17) is 5.84 Å². The number of hydrazine groups is 1. The van der Waals surface area contributed by atoms with E-state index in [1.54, 1.807) is 0 Å². The molecule has 9 heavy (non-hydrogen) atoms. The molecule has 0 fully saturated rings. The van der Waals surface area contributed by atoms with Crippen LogP contribution in [0.25, 0.3) is 0 Å². The molecule has 0 atom stereocenters. The van der Waals surface area contributed by atoms with Gasteiger partial charge in [-0.15, -0.1) is 0 Å². The fourth-order valence-corrected chi connectivity index (χ4v) is 0.335. The molecule has 0 aromatic carbocycles. The molecule has 6 nitrogen and oxygen atoms in total. The van der Waals surface area contributed by atoms with Crippen LogP contribution in [0.4, 0.5) is 0 Å². The van der Waals surface area contributed by atoms with Crippen LogP contribution in [0, 0.1) is 0 Å². The second kappa shape index (κ2) is 2.23. The average Bonchev–Trinajstić information content (AvgIpc) is 2.37. The lowest BCUT2D eigenvalue weighted by molar-refractivity contribution is 0.0940. The van der Waals surface area contributed by atoms with E-state index in [-0.39, 0.29) is 5.82 Å². The predicted octanol–water partition coefficient (Wildman–Crippen LogP) is -1.33. The third-order valence-electron chi connectivity index (χ3n) is 0.695. The number of amides is 1. The third kappa shape index (κ3) is 1.03. The van der Waals surface area contributed by atoms with Crippen LogP contribution in [0.5, 0.6) is 0 Å². The van der Waals surface area contributed by atoms with Crippen molar-refractivity contribution in [3.8, 4) is 0 Å². The molecule has 0 aliphatic carbocycles. The molecule has 48 valence electrons. The first kappa shape index (κ1) is 5.70. The van der Waals surface area contributed by atoms with Gasteiger partial charge in [-0.1, -0.05) is 5.16 Å². The highest BCUT2D eigenvalue weighted by Gasteiger charge is 2.06. The fraction of sp³-hybridized carbons (Fsp3) is 0. The third-order valence-corrected chi connectivity index (χ3v) is 0.695. The molecule has 0 spiro atoms. The average molecular weight is 128 g/mol. The molecule has 1 aromatic rings. The molecule has 3 N–H and O–H groups in total. The summed E-state index contributed by atoms with van der Waals surface area (Å²) in [5, 5.41) is 3.21. The van der Waals surface area contributed by atoms with E-state index < -0.39 is 5.91 Å². The molecule has 0 saturated carbocycles. The van der Waals surface area contributed by atoms with Crippen LogP contribution < -0.4 is 11.3 Å². The summed E-state index contributed by atoms with van der Waals surface area (Å²) in [5.74, 6) is 4.10. The van der Waals surface area contributed by atoms with Crippen LogP contribution in [-0.4, -0.2) is 16.0 Å². The highest BCUT2D eigenvalue weighted by atomic mass is 16.5. The summed E-state index contributed by atoms with van der Waals surface area (Å²) in [5.41, 5.74) is 1.84. The van der Waals surface area contributed by atoms with Gasteiger partial charge in [0, 0.05) is 0 Å². The molecule has 1 heterocycles. The van der Waals surface area contributed by atoms with E-state index in [1.807, 2.05) is 5.43 Å². The number of nitrogen functional groups attached to an aromatic ring is 1. The van der Waals surface area contributed by atoms with Gasteiger partial charge in [0.2, 0.25) is 6.39 Å². The van der Waals surface area contributed by atoms with Crippen LogP contribution in [0.3, 0.4) is 0 Å². The van der Waals surface area contributed by atoms with Gasteiger partial charge in [0.25, 0.3) is 5.82 Å². The Bertz CT molecular complexity index is 194. The number of carbonyl (C=O) groups is 1. The summed E-state index contributed by atoms with van der Waals surface area (Å²) >= 11 is 0. The second-order valence-electron chi connectivity index (χ2n) is 1.23. The minimum atomic E-state index is -0.566. The normalized spacial score (nSPS) is 9.00. The lowest BCUT2D eigenvalue weighted by Gasteiger charge is -1.86. The van der Waals surface area contributed by atoms with Crippen LogP contribution in [0.15, 0.2) is 10.9 Å². The SMILES string of the molecule is NNC(=O)c1ncon1. The summed E-state index contributed by atoms with van der Waals surface area (Å²) in [4.78, 5) is 13.9. The highest BCUT2D eigenvalue weighted by Crippen LogP contribution is 1.84. The van der Waals surface area contributed by atoms with Gasteiger partial charge in [0.15, 0.2) is 0 Å². The monoisotopic (exact) mass is 128 g/mol. The predicted molar refractivity (Wildman–Crippen MR) is 26.0 cm³/mol. The Labute approximate surface area is 50.0 Å². The van der Waals surface area contributed by atoms with E-state index in [0.29, 0.717) is 0 Å². The van der Waals surface area contributed by atoms with Crippen molar-refractivity contribution in [3.05, 3.63) is 12.2 Å². The van der Waals surface area contributed by atoms with Crippen molar-refractivity contribution in [3.63, 3.8) is 0 Å². The van der Waals surface area contributed by atoms with Crippen molar-refractivity contribution in [2.75, 3.05) is 0 Å². The Morgan fingerprint density at radius 1 is 1.89 bits per heavy atom. The fourth-order valence-electron chi connectivity index (χ4n) is 0.335. The van der Waals surface area contributed by atoms with Gasteiger partial charge in [-0.25, -0.2) is 5.84 Å². The maximum absolute atomic E-state index is 10.5. The van der Waals surface area contributed by atoms with Gasteiger partial charge >= 0.3 is 5.91 Å². The van der Waals surface area contributed by atoms with Gasteiger partial charge in [-0.05, 0) is 0 Å². The summed E-state index contributed by atoms with van der Waals surface area (Å²) in [6.07, 6.45) is 1.05. The number of aromatic nitrogens is 2. The number of rotatable bonds is 1. The molecule has 0 saturated heterocycles. The molecule has 0 bridgehead atoms. The van der Waals surface area contributed by atoms with E-state index in [2.05, 4.69) is 14.7 Å². The minimum Gasteiger partial charge on any atom is -0.342 e. The summed E-state index contributed by atoms with van der Waals surface area (Å²) in [6.45, 7) is 0. The molecular formula is C3H4N4O2. The zero-order chi connectivity index (χ0) is 6.69. The molecule has 0 aliphatic heterocycles. The number of nitrogens with zero attached hydrogens (tertiary/aromatic N) is 2. The zero-order valence-corrected chi connectivity index (χ0v) is 4.37. The molecule has 0 aliphatic rings. The van der Waals surface area contributed by atoms with Crippen molar-refractivity contribution in [2.24, 2.45) is 5.84 Å². The maximum Gasteiger partial charge on any atom is 0.306 e. The minimum absolute atomic E-state index is 0.0718. The van der Waals surface area contributed by atoms with Crippen LogP contribution in [-0.2, 0) is 0 Å². The van der Waals surface area contributed by atoms with Crippen molar-refractivity contribution in [1.82, 2.24) is 15.6 Å². The number of hydrogen-bond acceptors (Lipinski definition) is 5. The Balaban J connectivity index is 2.77. The Morgan fingerprint density at radius 2 is 2.67 bits per heavy atom. The van der Waals surface area contributed by atoms with E-state index in [1.165, 1.54) is 0 Å². The standard InChI is InChI=1S/C3H4N4O2/c4-6-3(8)2-5-1-9-7-2/h1H,4H2,(H,6,8). The summed E-state index contributed by atoms with van der Waals surface area (Å²) < 4.78 is 4.26. The van der Waals surface area contributed by atoms with Crippen molar-refractivity contribution >= 4 is 5.91 Å². The van der Waals surface area contributed by atoms with Crippen molar-refractivity contribution in [1.29, 1.82) is 0 Å². The smallest absolute Gasteiger partial charge is 0.306 e. The Morgan fingerprint density at radius 3 is 3.11 bits per heavy atom. The van der Waals surface area contributed by atoms with Gasteiger partial charge in [0.05, 0.1) is 0 Å². The first-order chi connectivity index (χ1) is 4.34. The second-order valence-corrected chi connectivity index (χ2v) is 1.23. The molecule has 1 rings (SSSR count). The molecule has 1 amide bonds. The van der Waals surface area contributed by atoms with Gasteiger partial charge in [0.1, 0.15) is 0 Å². The van der Waals surface area contributed by atoms with Crippen molar-refractivity contribution in [2.45, 2.75) is 0 Å². The molecule has 0 radical (unpaired) electrons. The van der Waals surface area contributed by atoms with Gasteiger partial charge < -0.3 is 4.52 Å². The van der Waals surface area contributed by atoms with Crippen LogP contribution in [0.1, 0.15) is 10.6 Å². The van der Waals surface area contributed by atoms with E-state index in [9.17, 15) is 4.79 Å². The number of hydrogen-bond donors (Lipinski definition) is 2. The lowest BCUT2D eigenvalue weighted by Crippen LogP contribution is -2.30. The number of carbonyl (C=O) groups excluding carboxylic acids is 1. The Kier molecular flexibility index (Phi) is 1.41. The molecule has 1 aromatic heterocycles. The maximum atomic E-state index is 10.5. The Hall–Kier alpha value is -1.43. The van der Waals surface area contributed by atoms with Gasteiger partial charge in [-0.3, -0.25) is 10.2 Å². The summed E-state index contributed by atoms with van der Waals surface area (Å²) in [6, 6.07) is 0. The largest absolute Gasteiger partial charge is 0.342 e. The van der Waals surface area contributed by atoms with Gasteiger partial charge in [-0.2, -0.15) is 4.98 Å². The van der Waals surface area contributed by atoms with Crippen molar-refractivity contribution < 1.29 is 9.32 Å². The molecular weight excluding hydrogens is 124 g/mol. The first-order valence-electron chi connectivity index (χ1n) is 2.12. The topological polar surface area (TPSA) is 94.0 Å². The summed E-state index contributed by atoms with van der Waals surface area (Å²) in [7, 11) is 0. The van der Waals surface area contributed by atoms with Crippen LogP contribution in [0.2, 0.25) is 0 Å². The van der Waals surface area contributed by atoms with E-state index in [0.717, 1.165) is 6.39 Å². The molecule has 0 unspecified atom stereocenters. The lowest BCUT2D eigenvalue weighted by atomic mass is 10.6. The number of nitrogens with two attached hydrogens (primary N) is 1. The first-order valence-corrected chi connectivity index (χ1v) is 2.12. The zero-order valence-electron chi connectivity index (χ0n) is 4.37. The highest BCUT2D eigenvalue weighted by molar-refractivity contribution is 5.89. The quantitative estimate of drug-likeness (QED) is 0.277. The van der Waals surface area contributed by atoms with Crippen LogP contribution >= 0.6 is 0 Å². The molecule has 6 heteroatoms. The number of nitrogens with one attached hydrogen (secondary N) is 1. The van der Waals surface area contributed by atoms with E-state index >= 15 is 0 Å².